The first-order valence-corrected chi connectivity index (χ1v) is 7.37. The number of esters is 1. The second-order valence-corrected chi connectivity index (χ2v) is 5.96. The van der Waals surface area contributed by atoms with E-state index < -0.39 is 24.5 Å². The number of aldehydes is 1. The van der Waals surface area contributed by atoms with Gasteiger partial charge in [-0.1, -0.05) is 25.9 Å². The molecule has 9 nitrogen and oxygen atoms in total. The molecule has 0 aliphatic rings. The maximum Gasteiger partial charge on any atom is 0.446 e. The Balaban J connectivity index is 0.000000896. The normalized spacial score (nSPS) is 12.5. The molecule has 3 N–H and O–H groups in total. The van der Waals surface area contributed by atoms with Crippen molar-refractivity contribution in [3.63, 3.8) is 0 Å². The molecule has 1 amide bonds. The van der Waals surface area contributed by atoms with Gasteiger partial charge in [0.2, 0.25) is 12.2 Å². The zero-order valence-electron chi connectivity index (χ0n) is 14.7. The minimum absolute atomic E-state index is 0.0333. The van der Waals surface area contributed by atoms with Crippen molar-refractivity contribution in [2.45, 2.75) is 46.5 Å². The van der Waals surface area contributed by atoms with Crippen LogP contribution in [-0.4, -0.2) is 47.1 Å². The summed E-state index contributed by atoms with van der Waals surface area (Å²) in [6.45, 7) is 7.52. The van der Waals surface area contributed by atoms with Gasteiger partial charge in [-0.3, -0.25) is 9.59 Å². The number of nitrogens with one attached hydrogen (secondary N) is 1. The third-order valence-electron chi connectivity index (χ3n) is 2.69. The van der Waals surface area contributed by atoms with Gasteiger partial charge in [-0.25, -0.2) is 4.79 Å². The van der Waals surface area contributed by atoms with Crippen LogP contribution >= 0.6 is 0 Å². The number of aromatic nitrogens is 2. The van der Waals surface area contributed by atoms with Crippen molar-refractivity contribution in [1.29, 1.82) is 0 Å². The summed E-state index contributed by atoms with van der Waals surface area (Å²) < 4.78 is 40.7. The van der Waals surface area contributed by atoms with Crippen LogP contribution in [0.3, 0.4) is 0 Å². The number of nitrogens with two attached hydrogens (primary N) is 1. The molecule has 1 aromatic heterocycles. The molecule has 0 saturated carbocycles. The molecule has 1 atom stereocenters. The Bertz CT molecular complexity index is 610. The molecule has 0 aliphatic heterocycles. The van der Waals surface area contributed by atoms with Gasteiger partial charge in [0.15, 0.2) is 5.82 Å². The molecule has 12 heteroatoms. The highest BCUT2D eigenvalue weighted by atomic mass is 19.4. The van der Waals surface area contributed by atoms with Crippen LogP contribution in [0, 0.1) is 5.41 Å². The molecule has 0 spiro atoms. The van der Waals surface area contributed by atoms with E-state index in [1.165, 1.54) is 0 Å². The average molecular weight is 382 g/mol. The lowest BCUT2D eigenvalue weighted by molar-refractivity contribution is -0.156. The molecule has 0 aromatic carbocycles. The van der Waals surface area contributed by atoms with E-state index in [1.807, 2.05) is 20.8 Å². The molecule has 0 saturated heterocycles. The second-order valence-electron chi connectivity index (χ2n) is 5.96. The molecule has 1 heterocycles. The maximum absolute atomic E-state index is 11.8. The molecule has 26 heavy (non-hydrogen) atoms. The molecule has 0 aliphatic carbocycles. The predicted molar refractivity (Wildman–Crippen MR) is 81.7 cm³/mol. The quantitative estimate of drug-likeness (QED) is 0.568. The minimum atomic E-state index is -4.64. The second kappa shape index (κ2) is 9.85. The first-order valence-electron chi connectivity index (χ1n) is 7.37. The van der Waals surface area contributed by atoms with E-state index >= 15 is 0 Å². The Labute approximate surface area is 147 Å². The third kappa shape index (κ3) is 9.11. The van der Waals surface area contributed by atoms with E-state index in [9.17, 15) is 22.8 Å². The number of hydrogen-bond acceptors (Lipinski definition) is 8. The van der Waals surface area contributed by atoms with E-state index in [1.54, 1.807) is 6.92 Å². The lowest BCUT2D eigenvalue weighted by Crippen LogP contribution is -2.48. The lowest BCUT2D eigenvalue weighted by Gasteiger charge is -2.25. The van der Waals surface area contributed by atoms with Crippen molar-refractivity contribution in [1.82, 2.24) is 15.5 Å². The monoisotopic (exact) mass is 382 g/mol. The number of alkyl halides is 3. The van der Waals surface area contributed by atoms with Crippen LogP contribution in [0.4, 0.5) is 13.2 Å². The molecule has 0 unspecified atom stereocenters. The van der Waals surface area contributed by atoms with Crippen molar-refractivity contribution in [3.05, 3.63) is 11.7 Å². The number of ether oxygens (including phenoxy) is 1. The first-order chi connectivity index (χ1) is 11.8. The van der Waals surface area contributed by atoms with E-state index in [0.717, 1.165) is 0 Å². The highest BCUT2D eigenvalue weighted by Crippen LogP contribution is 2.17. The zero-order valence-corrected chi connectivity index (χ0v) is 14.7. The molecule has 0 bridgehead atoms. The van der Waals surface area contributed by atoms with Gasteiger partial charge < -0.3 is 20.3 Å². The Morgan fingerprint density at radius 3 is 2.31 bits per heavy atom. The number of carbonyl (C=O) groups is 3. The van der Waals surface area contributed by atoms with Gasteiger partial charge in [0.1, 0.15) is 0 Å². The van der Waals surface area contributed by atoms with Crippen LogP contribution < -0.4 is 11.1 Å². The highest BCUT2D eigenvalue weighted by molar-refractivity contribution is 5.84. The van der Waals surface area contributed by atoms with Crippen molar-refractivity contribution >= 4 is 18.2 Å². The topological polar surface area (TPSA) is 137 Å². The molecular formula is C14H21F3N4O5. The summed E-state index contributed by atoms with van der Waals surface area (Å²) in [6.07, 6.45) is -5.70. The SMILES string of the molecule is CCOC(=O)c1nc(CNC(=O)[C@@H](N)C(C)(C)C)no1.O=CC(F)(F)F. The number of rotatable bonds is 5. The standard InChI is InChI=1S/C12H20N4O4.C2HF3O/c1-5-19-11(18)10-15-7(16-20-10)6-14-9(17)8(13)12(2,3)4;3-2(4,5)1-6/h8H,5-6,13H2,1-4H3,(H,14,17);1H/t8-;/m1./s1. The van der Waals surface area contributed by atoms with Crippen LogP contribution in [0.2, 0.25) is 0 Å². The van der Waals surface area contributed by atoms with Gasteiger partial charge in [0.25, 0.3) is 0 Å². The number of halogens is 3. The van der Waals surface area contributed by atoms with Gasteiger partial charge in [-0.05, 0) is 12.3 Å². The smallest absolute Gasteiger partial charge is 0.446 e. The van der Waals surface area contributed by atoms with Gasteiger partial charge in [-0.15, -0.1) is 0 Å². The molecule has 0 radical (unpaired) electrons. The molecule has 148 valence electrons. The summed E-state index contributed by atoms with van der Waals surface area (Å²) >= 11 is 0. The van der Waals surface area contributed by atoms with Gasteiger partial charge in [-0.2, -0.15) is 18.2 Å². The van der Waals surface area contributed by atoms with Crippen LogP contribution in [0.15, 0.2) is 4.52 Å². The zero-order chi connectivity index (χ0) is 20.5. The fourth-order valence-corrected chi connectivity index (χ4v) is 1.27. The number of carbonyl (C=O) groups excluding carboxylic acids is 3. The Hall–Kier alpha value is -2.50. The van der Waals surface area contributed by atoms with Crippen LogP contribution in [0.1, 0.15) is 44.2 Å². The maximum atomic E-state index is 11.8. The fraction of sp³-hybridized carbons (Fsp3) is 0.643. The summed E-state index contributed by atoms with van der Waals surface area (Å²) in [5, 5.41) is 6.16. The Morgan fingerprint density at radius 1 is 1.35 bits per heavy atom. The minimum Gasteiger partial charge on any atom is -0.459 e. The molecule has 1 aromatic rings. The number of amides is 1. The van der Waals surface area contributed by atoms with Crippen LogP contribution in [-0.2, 0) is 20.9 Å². The third-order valence-corrected chi connectivity index (χ3v) is 2.69. The van der Waals surface area contributed by atoms with Crippen LogP contribution in [0.5, 0.6) is 0 Å². The van der Waals surface area contributed by atoms with Crippen molar-refractivity contribution in [2.24, 2.45) is 11.1 Å². The van der Waals surface area contributed by atoms with E-state index in [0.29, 0.717) is 0 Å². The Kier molecular flexibility index (Phi) is 8.90. The summed E-state index contributed by atoms with van der Waals surface area (Å²) in [5.74, 6) is -1.07. The van der Waals surface area contributed by atoms with Gasteiger partial charge >= 0.3 is 18.0 Å². The first kappa shape index (κ1) is 23.5. The fourth-order valence-electron chi connectivity index (χ4n) is 1.27. The highest BCUT2D eigenvalue weighted by Gasteiger charge is 2.27. The van der Waals surface area contributed by atoms with Gasteiger partial charge in [0.05, 0.1) is 19.2 Å². The van der Waals surface area contributed by atoms with E-state index in [4.69, 9.17) is 19.8 Å². The summed E-state index contributed by atoms with van der Waals surface area (Å²) in [7, 11) is 0. The van der Waals surface area contributed by atoms with Crippen molar-refractivity contribution in [2.75, 3.05) is 6.61 Å². The molecular weight excluding hydrogens is 361 g/mol. The van der Waals surface area contributed by atoms with E-state index in [2.05, 4.69) is 15.5 Å². The lowest BCUT2D eigenvalue weighted by atomic mass is 9.87. The summed E-state index contributed by atoms with van der Waals surface area (Å²) in [6, 6.07) is -0.654. The van der Waals surface area contributed by atoms with Crippen molar-refractivity contribution < 1.29 is 36.8 Å². The summed E-state index contributed by atoms with van der Waals surface area (Å²) in [4.78, 5) is 35.6. The van der Waals surface area contributed by atoms with Crippen LogP contribution in [0.25, 0.3) is 0 Å². The summed E-state index contributed by atoms with van der Waals surface area (Å²) in [5.41, 5.74) is 5.45. The van der Waals surface area contributed by atoms with Crippen molar-refractivity contribution in [3.8, 4) is 0 Å². The Morgan fingerprint density at radius 2 is 1.88 bits per heavy atom. The molecule has 0 fully saturated rings. The van der Waals surface area contributed by atoms with E-state index in [-0.39, 0.29) is 36.2 Å². The molecule has 1 rings (SSSR count). The number of nitrogens with zero attached hydrogens (tertiary/aromatic N) is 2. The largest absolute Gasteiger partial charge is 0.459 e. The van der Waals surface area contributed by atoms with Gasteiger partial charge in [0, 0.05) is 0 Å². The predicted octanol–water partition coefficient (Wildman–Crippen LogP) is 0.983. The number of hydrogen-bond donors (Lipinski definition) is 2. The average Bonchev–Trinajstić information content (AvgIpc) is 3.00.